The van der Waals surface area contributed by atoms with E-state index in [0.717, 1.165) is 19.3 Å². The van der Waals surface area contributed by atoms with Crippen LogP contribution in [0.2, 0.25) is 0 Å². The van der Waals surface area contributed by atoms with Crippen molar-refractivity contribution in [2.75, 3.05) is 6.61 Å². The molecule has 0 radical (unpaired) electrons. The fourth-order valence-corrected chi connectivity index (χ4v) is 3.17. The van der Waals surface area contributed by atoms with Crippen LogP contribution in [-0.4, -0.2) is 11.7 Å². The Morgan fingerprint density at radius 3 is 1.95 bits per heavy atom. The molecule has 1 N–H and O–H groups in total. The summed E-state index contributed by atoms with van der Waals surface area (Å²) in [6.07, 6.45) is 3.10. The molecular formula is C20H22O. The molecule has 1 atom stereocenters. The molecule has 1 aliphatic rings. The molecule has 108 valence electrons. The Hall–Kier alpha value is -1.86. The Bertz CT molecular complexity index is 586. The molecule has 0 saturated heterocycles. The van der Waals surface area contributed by atoms with Gasteiger partial charge in [-0.1, -0.05) is 73.2 Å². The van der Waals surface area contributed by atoms with Gasteiger partial charge in [0, 0.05) is 6.61 Å². The lowest BCUT2D eigenvalue weighted by molar-refractivity contribution is 0.272. The van der Waals surface area contributed by atoms with Gasteiger partial charge in [0.15, 0.2) is 0 Å². The summed E-state index contributed by atoms with van der Waals surface area (Å²) in [5.74, 6) is 0. The van der Waals surface area contributed by atoms with Crippen molar-refractivity contribution in [1.82, 2.24) is 0 Å². The van der Waals surface area contributed by atoms with Gasteiger partial charge in [-0.25, -0.2) is 0 Å². The molecule has 1 heteroatoms. The molecular weight excluding hydrogens is 256 g/mol. The number of aliphatic hydroxyl groups excluding tert-OH is 1. The van der Waals surface area contributed by atoms with Gasteiger partial charge in [0.05, 0.1) is 0 Å². The zero-order chi connectivity index (χ0) is 14.7. The van der Waals surface area contributed by atoms with E-state index >= 15 is 0 Å². The minimum absolute atomic E-state index is 0.268. The number of hydrogen-bond acceptors (Lipinski definition) is 1. The highest BCUT2D eigenvalue weighted by Gasteiger charge is 2.45. The third-order valence-electron chi connectivity index (χ3n) is 4.48. The molecule has 1 nitrogen and oxygen atoms in total. The van der Waals surface area contributed by atoms with E-state index in [9.17, 15) is 0 Å². The van der Waals surface area contributed by atoms with Crippen LogP contribution in [0, 0.1) is 5.41 Å². The lowest BCUT2D eigenvalue weighted by Crippen LogP contribution is -1.98. The summed E-state index contributed by atoms with van der Waals surface area (Å²) in [6.45, 7) is 2.61. The normalized spacial score (nSPS) is 20.4. The molecule has 0 aromatic heterocycles. The van der Waals surface area contributed by atoms with E-state index in [1.54, 1.807) is 0 Å². The van der Waals surface area contributed by atoms with Crippen molar-refractivity contribution in [1.29, 1.82) is 0 Å². The average Bonchev–Trinajstić information content (AvgIpc) is 3.19. The van der Waals surface area contributed by atoms with E-state index in [-0.39, 0.29) is 12.0 Å². The second-order valence-corrected chi connectivity index (χ2v) is 6.15. The van der Waals surface area contributed by atoms with Gasteiger partial charge < -0.3 is 5.11 Å². The average molecular weight is 278 g/mol. The van der Waals surface area contributed by atoms with Gasteiger partial charge in [-0.2, -0.15) is 0 Å². The van der Waals surface area contributed by atoms with Crippen LogP contribution in [0.1, 0.15) is 37.3 Å². The van der Waals surface area contributed by atoms with Crippen molar-refractivity contribution < 1.29 is 5.11 Å². The van der Waals surface area contributed by atoms with Crippen molar-refractivity contribution in [3.8, 4) is 0 Å². The summed E-state index contributed by atoms with van der Waals surface area (Å²) in [6, 6.07) is 21.3. The minimum Gasteiger partial charge on any atom is -0.396 e. The molecule has 0 aliphatic heterocycles. The van der Waals surface area contributed by atoms with Gasteiger partial charge in [0.2, 0.25) is 0 Å². The predicted molar refractivity (Wildman–Crippen MR) is 87.9 cm³/mol. The first kappa shape index (κ1) is 14.1. The number of benzene rings is 2. The Morgan fingerprint density at radius 1 is 0.952 bits per heavy atom. The maximum absolute atomic E-state index is 9.10. The molecule has 0 bridgehead atoms. The summed E-state index contributed by atoms with van der Waals surface area (Å²) in [5, 5.41) is 9.10. The Balaban J connectivity index is 2.03. The molecule has 3 rings (SSSR count). The lowest BCUT2D eigenvalue weighted by atomic mass is 9.93. The van der Waals surface area contributed by atoms with E-state index < -0.39 is 0 Å². The van der Waals surface area contributed by atoms with Crippen molar-refractivity contribution in [2.45, 2.75) is 26.2 Å². The first-order valence-electron chi connectivity index (χ1n) is 7.70. The maximum atomic E-state index is 9.10. The molecule has 0 spiro atoms. The van der Waals surface area contributed by atoms with E-state index in [4.69, 9.17) is 5.11 Å². The fourth-order valence-electron chi connectivity index (χ4n) is 3.17. The standard InChI is InChI=1S/C20H22O/c1-20(13-8-14-21)15-18(20)19(16-9-4-2-5-10-16)17-11-6-3-7-12-17/h2-7,9-12,21H,8,13-15H2,1H3. The molecule has 2 aromatic rings. The van der Waals surface area contributed by atoms with Crippen molar-refractivity contribution in [2.24, 2.45) is 5.41 Å². The maximum Gasteiger partial charge on any atom is 0.0431 e. The van der Waals surface area contributed by atoms with Gasteiger partial charge >= 0.3 is 0 Å². The molecule has 1 aliphatic carbocycles. The lowest BCUT2D eigenvalue weighted by Gasteiger charge is -2.12. The smallest absolute Gasteiger partial charge is 0.0431 e. The van der Waals surface area contributed by atoms with Crippen LogP contribution in [0.5, 0.6) is 0 Å². The van der Waals surface area contributed by atoms with Crippen molar-refractivity contribution in [3.05, 3.63) is 77.4 Å². The molecule has 0 heterocycles. The Kier molecular flexibility index (Phi) is 3.94. The molecule has 1 saturated carbocycles. The predicted octanol–water partition coefficient (Wildman–Crippen LogP) is 4.67. The summed E-state index contributed by atoms with van der Waals surface area (Å²) >= 11 is 0. The van der Waals surface area contributed by atoms with E-state index in [2.05, 4.69) is 67.6 Å². The van der Waals surface area contributed by atoms with E-state index in [0.29, 0.717) is 0 Å². The molecule has 2 aromatic carbocycles. The zero-order valence-electron chi connectivity index (χ0n) is 12.5. The Morgan fingerprint density at radius 2 is 1.48 bits per heavy atom. The van der Waals surface area contributed by atoms with Crippen LogP contribution in [0.15, 0.2) is 66.2 Å². The van der Waals surface area contributed by atoms with Crippen molar-refractivity contribution >= 4 is 5.57 Å². The summed E-state index contributed by atoms with van der Waals surface area (Å²) in [4.78, 5) is 0. The monoisotopic (exact) mass is 278 g/mol. The van der Waals surface area contributed by atoms with Crippen LogP contribution < -0.4 is 0 Å². The summed E-state index contributed by atoms with van der Waals surface area (Å²) < 4.78 is 0. The van der Waals surface area contributed by atoms with Crippen LogP contribution in [0.25, 0.3) is 5.57 Å². The quantitative estimate of drug-likeness (QED) is 0.842. The zero-order valence-corrected chi connectivity index (χ0v) is 12.5. The third-order valence-corrected chi connectivity index (χ3v) is 4.48. The van der Waals surface area contributed by atoms with Gasteiger partial charge in [-0.05, 0) is 41.4 Å². The molecule has 1 fully saturated rings. The van der Waals surface area contributed by atoms with Gasteiger partial charge in [-0.3, -0.25) is 0 Å². The largest absolute Gasteiger partial charge is 0.396 e. The van der Waals surface area contributed by atoms with E-state index in [1.807, 2.05) is 0 Å². The van der Waals surface area contributed by atoms with Gasteiger partial charge in [-0.15, -0.1) is 0 Å². The number of aliphatic hydroxyl groups is 1. The van der Waals surface area contributed by atoms with Crippen LogP contribution in [0.4, 0.5) is 0 Å². The molecule has 21 heavy (non-hydrogen) atoms. The number of hydrogen-bond donors (Lipinski definition) is 1. The highest BCUT2D eigenvalue weighted by molar-refractivity contribution is 5.85. The highest BCUT2D eigenvalue weighted by Crippen LogP contribution is 2.59. The van der Waals surface area contributed by atoms with Crippen LogP contribution >= 0.6 is 0 Å². The Labute approximate surface area is 127 Å². The highest BCUT2D eigenvalue weighted by atomic mass is 16.2. The first-order valence-corrected chi connectivity index (χ1v) is 7.70. The SMILES string of the molecule is CC1(CCCO)CC1=C(c1ccccc1)c1ccccc1. The summed E-state index contributed by atoms with van der Waals surface area (Å²) in [5.41, 5.74) is 5.78. The van der Waals surface area contributed by atoms with Crippen LogP contribution in [-0.2, 0) is 0 Å². The summed E-state index contributed by atoms with van der Waals surface area (Å²) in [7, 11) is 0. The molecule has 1 unspecified atom stereocenters. The molecule has 0 amide bonds. The van der Waals surface area contributed by atoms with Crippen molar-refractivity contribution in [3.63, 3.8) is 0 Å². The second-order valence-electron chi connectivity index (χ2n) is 6.15. The topological polar surface area (TPSA) is 20.2 Å². The van der Waals surface area contributed by atoms with Gasteiger partial charge in [0.1, 0.15) is 0 Å². The number of allylic oxidation sites excluding steroid dienone is 1. The number of rotatable bonds is 5. The second kappa shape index (κ2) is 5.87. The minimum atomic E-state index is 0.268. The third kappa shape index (κ3) is 2.93. The van der Waals surface area contributed by atoms with Crippen LogP contribution in [0.3, 0.4) is 0 Å². The van der Waals surface area contributed by atoms with Gasteiger partial charge in [0.25, 0.3) is 0 Å². The fraction of sp³-hybridized carbons (Fsp3) is 0.300. The van der Waals surface area contributed by atoms with E-state index in [1.165, 1.54) is 22.3 Å². The first-order chi connectivity index (χ1) is 10.2.